The molecule has 5 heteroatoms. The molecule has 0 unspecified atom stereocenters. The first-order valence-electron chi connectivity index (χ1n) is 4.15. The number of aromatic nitrogens is 2. The number of nitrogens with zero attached hydrogens (tertiary/aromatic N) is 2. The highest BCUT2D eigenvalue weighted by molar-refractivity contribution is 9.10. The third kappa shape index (κ3) is 2.91. The highest BCUT2D eigenvalue weighted by Gasteiger charge is 1.99. The van der Waals surface area contributed by atoms with Crippen LogP contribution < -0.4 is 4.74 Å². The smallest absolute Gasteiger partial charge is 0.237 e. The zero-order chi connectivity index (χ0) is 10.7. The molecule has 1 aromatic heterocycles. The summed E-state index contributed by atoms with van der Waals surface area (Å²) in [6.45, 7) is 0. The van der Waals surface area contributed by atoms with E-state index in [0.717, 1.165) is 0 Å². The van der Waals surface area contributed by atoms with Gasteiger partial charge in [-0.25, -0.2) is 9.97 Å². The van der Waals surface area contributed by atoms with E-state index in [-0.39, 0.29) is 0 Å². The summed E-state index contributed by atoms with van der Waals surface area (Å²) in [6.07, 6.45) is 3.10. The number of benzene rings is 1. The molecule has 0 aliphatic carbocycles. The van der Waals surface area contributed by atoms with Crippen LogP contribution in [0.5, 0.6) is 11.6 Å². The average Bonchev–Trinajstić information content (AvgIpc) is 2.22. The van der Waals surface area contributed by atoms with E-state index in [9.17, 15) is 0 Å². The fraction of sp³-hybridized carbons (Fsp3) is 0. The molecular formula is C10H6BrClN2O. The van der Waals surface area contributed by atoms with Crippen LogP contribution in [-0.4, -0.2) is 9.97 Å². The topological polar surface area (TPSA) is 35.0 Å². The molecule has 0 bridgehead atoms. The summed E-state index contributed by atoms with van der Waals surface area (Å²) in [7, 11) is 0. The second-order valence-electron chi connectivity index (χ2n) is 2.74. The van der Waals surface area contributed by atoms with Crippen molar-refractivity contribution in [3.8, 4) is 11.6 Å². The largest absolute Gasteiger partial charge is 0.437 e. The molecule has 0 aliphatic rings. The summed E-state index contributed by atoms with van der Waals surface area (Å²) in [5, 5.41) is 0.623. The average molecular weight is 286 g/mol. The van der Waals surface area contributed by atoms with Crippen molar-refractivity contribution in [2.45, 2.75) is 0 Å². The van der Waals surface area contributed by atoms with Crippen molar-refractivity contribution in [2.75, 3.05) is 0 Å². The summed E-state index contributed by atoms with van der Waals surface area (Å²) in [6, 6.07) is 7.10. The summed E-state index contributed by atoms with van der Waals surface area (Å²) in [5.74, 6) is 1.07. The van der Waals surface area contributed by atoms with Gasteiger partial charge in [0.05, 0.1) is 12.4 Å². The fourth-order valence-corrected chi connectivity index (χ4v) is 1.39. The Morgan fingerprint density at radius 1 is 1.20 bits per heavy atom. The number of halogens is 2. The van der Waals surface area contributed by atoms with Crippen LogP contribution in [0.3, 0.4) is 0 Å². The number of hydrogen-bond acceptors (Lipinski definition) is 3. The zero-order valence-electron chi connectivity index (χ0n) is 7.52. The van der Waals surface area contributed by atoms with Crippen LogP contribution in [0.1, 0.15) is 0 Å². The van der Waals surface area contributed by atoms with Crippen molar-refractivity contribution in [2.24, 2.45) is 0 Å². The maximum Gasteiger partial charge on any atom is 0.237 e. The van der Waals surface area contributed by atoms with E-state index >= 15 is 0 Å². The molecule has 3 nitrogen and oxygen atoms in total. The molecule has 0 aliphatic heterocycles. The van der Waals surface area contributed by atoms with Crippen LogP contribution in [-0.2, 0) is 0 Å². The highest BCUT2D eigenvalue weighted by atomic mass is 79.9. The number of rotatable bonds is 2. The first-order chi connectivity index (χ1) is 7.24. The van der Waals surface area contributed by atoms with E-state index in [2.05, 4.69) is 25.9 Å². The Bertz CT molecular complexity index is 461. The lowest BCUT2D eigenvalue weighted by molar-refractivity contribution is 0.460. The van der Waals surface area contributed by atoms with E-state index in [4.69, 9.17) is 16.3 Å². The number of hydrogen-bond donors (Lipinski definition) is 0. The van der Waals surface area contributed by atoms with Gasteiger partial charge in [0.25, 0.3) is 0 Å². The molecule has 1 aromatic carbocycles. The molecule has 0 N–H and O–H groups in total. The summed E-state index contributed by atoms with van der Waals surface area (Å²) >= 11 is 9.00. The zero-order valence-corrected chi connectivity index (χ0v) is 9.86. The van der Waals surface area contributed by atoms with Gasteiger partial charge in [-0.15, -0.1) is 0 Å². The van der Waals surface area contributed by atoms with Gasteiger partial charge < -0.3 is 4.74 Å². The molecule has 0 radical (unpaired) electrons. The Morgan fingerprint density at radius 2 is 2.07 bits per heavy atom. The second-order valence-corrected chi connectivity index (χ2v) is 3.99. The second kappa shape index (κ2) is 4.59. The minimum Gasteiger partial charge on any atom is -0.437 e. The third-order valence-corrected chi connectivity index (χ3v) is 2.26. The quantitative estimate of drug-likeness (QED) is 0.844. The van der Waals surface area contributed by atoms with Crippen LogP contribution in [0.4, 0.5) is 0 Å². The van der Waals surface area contributed by atoms with Gasteiger partial charge >= 0.3 is 0 Å². The lowest BCUT2D eigenvalue weighted by atomic mass is 10.3. The normalized spacial score (nSPS) is 10.0. The van der Waals surface area contributed by atoms with Gasteiger partial charge in [-0.2, -0.15) is 0 Å². The SMILES string of the molecule is Clc1cccc(Oc2cnc(Br)cn2)c1. The molecule has 0 spiro atoms. The van der Waals surface area contributed by atoms with Crippen LogP contribution in [0.15, 0.2) is 41.3 Å². The molecule has 0 fully saturated rings. The van der Waals surface area contributed by atoms with Crippen molar-refractivity contribution in [3.63, 3.8) is 0 Å². The first-order valence-corrected chi connectivity index (χ1v) is 5.32. The lowest BCUT2D eigenvalue weighted by Gasteiger charge is -2.03. The van der Waals surface area contributed by atoms with E-state index < -0.39 is 0 Å². The maximum absolute atomic E-state index is 5.81. The monoisotopic (exact) mass is 284 g/mol. The van der Waals surface area contributed by atoms with Crippen LogP contribution >= 0.6 is 27.5 Å². The molecule has 2 aromatic rings. The highest BCUT2D eigenvalue weighted by Crippen LogP contribution is 2.22. The van der Waals surface area contributed by atoms with Crippen molar-refractivity contribution >= 4 is 27.5 Å². The van der Waals surface area contributed by atoms with E-state index in [0.29, 0.717) is 21.3 Å². The number of ether oxygens (including phenoxy) is 1. The Labute approximate surface area is 100 Å². The fourth-order valence-electron chi connectivity index (χ4n) is 1.00. The Balaban J connectivity index is 2.18. The Kier molecular flexibility index (Phi) is 3.18. The van der Waals surface area contributed by atoms with Crippen molar-refractivity contribution in [1.82, 2.24) is 9.97 Å². The minimum atomic E-state index is 0.431. The van der Waals surface area contributed by atoms with Gasteiger partial charge in [-0.05, 0) is 34.1 Å². The molecule has 76 valence electrons. The summed E-state index contributed by atoms with van der Waals surface area (Å²) in [5.41, 5.74) is 0. The first kappa shape index (κ1) is 10.4. The van der Waals surface area contributed by atoms with Gasteiger partial charge in [0.15, 0.2) is 0 Å². The van der Waals surface area contributed by atoms with Crippen molar-refractivity contribution in [3.05, 3.63) is 46.3 Å². The molecule has 0 amide bonds. The van der Waals surface area contributed by atoms with E-state index in [1.54, 1.807) is 24.4 Å². The van der Waals surface area contributed by atoms with E-state index in [1.165, 1.54) is 6.20 Å². The molecule has 0 saturated carbocycles. The van der Waals surface area contributed by atoms with Gasteiger partial charge in [0, 0.05) is 5.02 Å². The Morgan fingerprint density at radius 3 is 2.73 bits per heavy atom. The summed E-state index contributed by atoms with van der Waals surface area (Å²) < 4.78 is 6.10. The van der Waals surface area contributed by atoms with Crippen LogP contribution in [0.25, 0.3) is 0 Å². The standard InChI is InChI=1S/C10H6BrClN2O/c11-9-5-14-10(6-13-9)15-8-3-1-2-7(12)4-8/h1-6H. The van der Waals surface area contributed by atoms with Gasteiger partial charge in [0.2, 0.25) is 5.88 Å². The third-order valence-electron chi connectivity index (χ3n) is 1.62. The molecule has 2 rings (SSSR count). The molecular weight excluding hydrogens is 279 g/mol. The molecule has 0 saturated heterocycles. The van der Waals surface area contributed by atoms with Crippen LogP contribution in [0, 0.1) is 0 Å². The van der Waals surface area contributed by atoms with E-state index in [1.807, 2.05) is 6.07 Å². The minimum absolute atomic E-state index is 0.431. The van der Waals surface area contributed by atoms with Crippen LogP contribution in [0.2, 0.25) is 5.02 Å². The predicted molar refractivity (Wildman–Crippen MR) is 61.3 cm³/mol. The molecule has 1 heterocycles. The lowest BCUT2D eigenvalue weighted by Crippen LogP contribution is -1.88. The van der Waals surface area contributed by atoms with Crippen molar-refractivity contribution < 1.29 is 4.74 Å². The van der Waals surface area contributed by atoms with Gasteiger partial charge in [-0.3, -0.25) is 0 Å². The molecule has 0 atom stereocenters. The summed E-state index contributed by atoms with van der Waals surface area (Å²) in [4.78, 5) is 8.02. The molecule has 15 heavy (non-hydrogen) atoms. The predicted octanol–water partition coefficient (Wildman–Crippen LogP) is 3.68. The van der Waals surface area contributed by atoms with Crippen molar-refractivity contribution in [1.29, 1.82) is 0 Å². The Hall–Kier alpha value is -1.13. The van der Waals surface area contributed by atoms with Gasteiger partial charge in [0.1, 0.15) is 10.4 Å². The van der Waals surface area contributed by atoms with Gasteiger partial charge in [-0.1, -0.05) is 17.7 Å². The maximum atomic E-state index is 5.81.